The molecule has 3 rings (SSSR count). The monoisotopic (exact) mass is 441 g/mol. The third kappa shape index (κ3) is 5.91. The number of rotatable bonds is 7. The van der Waals surface area contributed by atoms with Gasteiger partial charge in [-0.2, -0.15) is 8.42 Å². The van der Waals surface area contributed by atoms with Gasteiger partial charge in [0.25, 0.3) is 5.91 Å². The summed E-state index contributed by atoms with van der Waals surface area (Å²) in [4.78, 5) is 14.5. The van der Waals surface area contributed by atoms with E-state index >= 15 is 0 Å². The Hall–Kier alpha value is -2.16. The van der Waals surface area contributed by atoms with Crippen LogP contribution >= 0.6 is 11.6 Å². The van der Waals surface area contributed by atoms with E-state index in [-0.39, 0.29) is 30.5 Å². The summed E-state index contributed by atoms with van der Waals surface area (Å²) in [5, 5.41) is 0.358. The Morgan fingerprint density at radius 3 is 2.72 bits per heavy atom. The van der Waals surface area contributed by atoms with E-state index < -0.39 is 21.8 Å². The van der Waals surface area contributed by atoms with Crippen LogP contribution in [0.5, 0.6) is 5.75 Å². The average Bonchev–Trinajstić information content (AvgIpc) is 3.15. The van der Waals surface area contributed by atoms with Crippen LogP contribution in [0.3, 0.4) is 0 Å². The van der Waals surface area contributed by atoms with Gasteiger partial charge in [-0.05, 0) is 43.2 Å². The number of carbonyl (C=O) groups excluding carboxylic acids is 1. The third-order valence-corrected chi connectivity index (χ3v) is 5.18. The van der Waals surface area contributed by atoms with Crippen LogP contribution in [-0.2, 0) is 21.4 Å². The van der Waals surface area contributed by atoms with Crippen LogP contribution < -0.4 is 4.18 Å². The van der Waals surface area contributed by atoms with Gasteiger partial charge in [0.05, 0.1) is 17.9 Å². The van der Waals surface area contributed by atoms with Crippen LogP contribution in [0.25, 0.3) is 0 Å². The molecule has 0 N–H and O–H groups in total. The molecule has 1 fully saturated rings. The van der Waals surface area contributed by atoms with Crippen molar-refractivity contribution in [3.8, 4) is 5.75 Å². The van der Waals surface area contributed by atoms with Crippen molar-refractivity contribution in [1.82, 2.24) is 4.90 Å². The number of benzene rings is 2. The molecule has 2 aromatic carbocycles. The number of ether oxygens (including phenoxy) is 1. The van der Waals surface area contributed by atoms with Gasteiger partial charge in [-0.1, -0.05) is 23.7 Å². The van der Waals surface area contributed by atoms with E-state index in [0.29, 0.717) is 17.2 Å². The fraction of sp³-hybridized carbons (Fsp3) is 0.350. The second-order valence-corrected chi connectivity index (χ2v) is 8.85. The molecule has 0 aromatic heterocycles. The van der Waals surface area contributed by atoms with Crippen LogP contribution in [0, 0.1) is 5.82 Å². The van der Waals surface area contributed by atoms with Gasteiger partial charge < -0.3 is 13.8 Å². The molecule has 1 atom stereocenters. The van der Waals surface area contributed by atoms with E-state index in [1.54, 1.807) is 6.07 Å². The maximum Gasteiger partial charge on any atom is 0.306 e. The first kappa shape index (κ1) is 21.5. The minimum absolute atomic E-state index is 0.0154. The van der Waals surface area contributed by atoms with Crippen LogP contribution in [0.2, 0.25) is 5.02 Å². The normalized spacial score (nSPS) is 16.6. The Morgan fingerprint density at radius 1 is 1.31 bits per heavy atom. The molecule has 1 aliphatic rings. The number of nitrogens with zero attached hydrogens (tertiary/aromatic N) is 1. The molecular weight excluding hydrogens is 421 g/mol. The topological polar surface area (TPSA) is 72.9 Å². The van der Waals surface area contributed by atoms with Crippen LogP contribution in [0.4, 0.5) is 4.39 Å². The largest absolute Gasteiger partial charge is 0.382 e. The second-order valence-electron chi connectivity index (χ2n) is 6.84. The summed E-state index contributed by atoms with van der Waals surface area (Å²) in [5.41, 5.74) is 0.323. The standard InChI is InChI=1S/C20H21ClFNO5S/c1-29(25,26)28-19-9-8-15(21)11-14(19)12-23(13-16-5-4-10-27-16)20(24)17-6-2-3-7-18(17)22/h2-3,6-9,11,16H,4-5,10,12-13H2,1H3/t16-/m1/s1. The number of hydrogen-bond acceptors (Lipinski definition) is 5. The lowest BCUT2D eigenvalue weighted by atomic mass is 10.1. The van der Waals surface area contributed by atoms with E-state index in [9.17, 15) is 17.6 Å². The summed E-state index contributed by atoms with van der Waals surface area (Å²) in [6, 6.07) is 10.2. The summed E-state index contributed by atoms with van der Waals surface area (Å²) in [6.07, 6.45) is 2.42. The zero-order valence-electron chi connectivity index (χ0n) is 15.8. The molecule has 0 saturated carbocycles. The number of halogens is 2. The molecule has 6 nitrogen and oxygen atoms in total. The van der Waals surface area contributed by atoms with E-state index in [2.05, 4.69) is 0 Å². The molecule has 1 aliphatic heterocycles. The van der Waals surface area contributed by atoms with Gasteiger partial charge >= 0.3 is 10.1 Å². The number of carbonyl (C=O) groups is 1. The van der Waals surface area contributed by atoms with Gasteiger partial charge in [0.1, 0.15) is 11.6 Å². The molecule has 1 amide bonds. The maximum atomic E-state index is 14.2. The summed E-state index contributed by atoms with van der Waals surface area (Å²) < 4.78 is 48.1. The smallest absolute Gasteiger partial charge is 0.306 e. The molecule has 9 heteroatoms. The highest BCUT2D eigenvalue weighted by Gasteiger charge is 2.26. The van der Waals surface area contributed by atoms with Gasteiger partial charge in [-0.3, -0.25) is 4.79 Å². The maximum absolute atomic E-state index is 14.2. The minimum atomic E-state index is -3.78. The van der Waals surface area contributed by atoms with E-state index in [1.165, 1.54) is 41.3 Å². The second kappa shape index (κ2) is 9.11. The van der Waals surface area contributed by atoms with Crippen LogP contribution in [0.15, 0.2) is 42.5 Å². The van der Waals surface area contributed by atoms with Crippen LogP contribution in [-0.4, -0.2) is 44.7 Å². The summed E-state index contributed by atoms with van der Waals surface area (Å²) >= 11 is 6.07. The van der Waals surface area contributed by atoms with Crippen molar-refractivity contribution < 1.29 is 26.5 Å². The Balaban J connectivity index is 1.94. The van der Waals surface area contributed by atoms with E-state index in [4.69, 9.17) is 20.5 Å². The highest BCUT2D eigenvalue weighted by molar-refractivity contribution is 7.86. The number of amides is 1. The molecule has 2 aromatic rings. The zero-order valence-corrected chi connectivity index (χ0v) is 17.4. The van der Waals surface area contributed by atoms with Crippen molar-refractivity contribution in [2.24, 2.45) is 0 Å². The Bertz CT molecular complexity index is 992. The lowest BCUT2D eigenvalue weighted by Gasteiger charge is -2.26. The minimum Gasteiger partial charge on any atom is -0.382 e. The highest BCUT2D eigenvalue weighted by Crippen LogP contribution is 2.27. The van der Waals surface area contributed by atoms with Crippen molar-refractivity contribution in [2.75, 3.05) is 19.4 Å². The molecule has 0 bridgehead atoms. The molecule has 29 heavy (non-hydrogen) atoms. The lowest BCUT2D eigenvalue weighted by molar-refractivity contribution is 0.0503. The first-order chi connectivity index (χ1) is 13.7. The molecular formula is C20H21ClFNO5S. The zero-order chi connectivity index (χ0) is 21.0. The molecule has 0 radical (unpaired) electrons. The molecule has 1 heterocycles. The summed E-state index contributed by atoms with van der Waals surface area (Å²) in [7, 11) is -3.78. The first-order valence-electron chi connectivity index (χ1n) is 9.06. The van der Waals surface area contributed by atoms with E-state index in [0.717, 1.165) is 19.1 Å². The Morgan fingerprint density at radius 2 is 2.07 bits per heavy atom. The van der Waals surface area contributed by atoms with Crippen molar-refractivity contribution >= 4 is 27.6 Å². The van der Waals surface area contributed by atoms with Gasteiger partial charge in [-0.15, -0.1) is 0 Å². The summed E-state index contributed by atoms with van der Waals surface area (Å²) in [6.45, 7) is 0.822. The Kier molecular flexibility index (Phi) is 6.77. The van der Waals surface area contributed by atoms with E-state index in [1.807, 2.05) is 0 Å². The molecule has 1 saturated heterocycles. The first-order valence-corrected chi connectivity index (χ1v) is 11.3. The average molecular weight is 442 g/mol. The fourth-order valence-corrected chi connectivity index (χ4v) is 3.86. The highest BCUT2D eigenvalue weighted by atomic mass is 35.5. The predicted molar refractivity (Wildman–Crippen MR) is 107 cm³/mol. The molecule has 0 aliphatic carbocycles. The van der Waals surface area contributed by atoms with Gasteiger partial charge in [0, 0.05) is 30.3 Å². The lowest BCUT2D eigenvalue weighted by Crippen LogP contribution is -2.37. The quantitative estimate of drug-likeness (QED) is 0.613. The SMILES string of the molecule is CS(=O)(=O)Oc1ccc(Cl)cc1CN(C[C@H]1CCCO1)C(=O)c1ccccc1F. The molecule has 0 unspecified atom stereocenters. The van der Waals surface area contributed by atoms with Gasteiger partial charge in [-0.25, -0.2) is 4.39 Å². The molecule has 0 spiro atoms. The summed E-state index contributed by atoms with van der Waals surface area (Å²) in [5.74, 6) is -1.09. The van der Waals surface area contributed by atoms with Crippen LogP contribution in [0.1, 0.15) is 28.8 Å². The van der Waals surface area contributed by atoms with Gasteiger partial charge in [0.15, 0.2) is 0 Å². The third-order valence-electron chi connectivity index (χ3n) is 4.46. The van der Waals surface area contributed by atoms with Crippen molar-refractivity contribution in [3.63, 3.8) is 0 Å². The molecule has 156 valence electrons. The fourth-order valence-electron chi connectivity index (χ4n) is 3.18. The van der Waals surface area contributed by atoms with Crippen molar-refractivity contribution in [1.29, 1.82) is 0 Å². The van der Waals surface area contributed by atoms with Crippen molar-refractivity contribution in [2.45, 2.75) is 25.5 Å². The van der Waals surface area contributed by atoms with Gasteiger partial charge in [0.2, 0.25) is 0 Å². The number of hydrogen-bond donors (Lipinski definition) is 0. The van der Waals surface area contributed by atoms with Crippen molar-refractivity contribution in [3.05, 3.63) is 64.4 Å². The Labute approximate surface area is 174 Å². The predicted octanol–water partition coefficient (Wildman–Crippen LogP) is 3.64.